The molecular formula is C13H22N4O. The Morgan fingerprint density at radius 2 is 2.33 bits per heavy atom. The molecule has 1 amide bonds. The number of amides is 1. The SMILES string of the molecule is CC1CCCC(CN)N1C(=O)CCn1cccn1. The van der Waals surface area contributed by atoms with Crippen LogP contribution < -0.4 is 5.73 Å². The smallest absolute Gasteiger partial charge is 0.224 e. The first kappa shape index (κ1) is 13.1. The molecule has 1 aliphatic rings. The minimum Gasteiger partial charge on any atom is -0.336 e. The molecule has 2 N–H and O–H groups in total. The second-order valence-corrected chi connectivity index (χ2v) is 4.99. The third kappa shape index (κ3) is 2.90. The van der Waals surface area contributed by atoms with E-state index < -0.39 is 0 Å². The largest absolute Gasteiger partial charge is 0.336 e. The van der Waals surface area contributed by atoms with Gasteiger partial charge in [-0.2, -0.15) is 5.10 Å². The zero-order valence-corrected chi connectivity index (χ0v) is 11.0. The Labute approximate surface area is 108 Å². The van der Waals surface area contributed by atoms with Crippen LogP contribution in [0.5, 0.6) is 0 Å². The van der Waals surface area contributed by atoms with Crippen LogP contribution >= 0.6 is 0 Å². The fourth-order valence-electron chi connectivity index (χ4n) is 2.74. The fraction of sp³-hybridized carbons (Fsp3) is 0.692. The van der Waals surface area contributed by atoms with Gasteiger partial charge in [-0.3, -0.25) is 9.48 Å². The zero-order chi connectivity index (χ0) is 13.0. The van der Waals surface area contributed by atoms with Crippen LogP contribution in [0.1, 0.15) is 32.6 Å². The average Bonchev–Trinajstić information content (AvgIpc) is 2.88. The Morgan fingerprint density at radius 1 is 1.50 bits per heavy atom. The molecule has 0 aliphatic carbocycles. The van der Waals surface area contributed by atoms with Gasteiger partial charge in [0.2, 0.25) is 5.91 Å². The van der Waals surface area contributed by atoms with Crippen molar-refractivity contribution in [1.82, 2.24) is 14.7 Å². The second-order valence-electron chi connectivity index (χ2n) is 4.99. The quantitative estimate of drug-likeness (QED) is 0.867. The summed E-state index contributed by atoms with van der Waals surface area (Å²) in [6, 6.07) is 2.41. The summed E-state index contributed by atoms with van der Waals surface area (Å²) in [6.45, 7) is 3.33. The standard InChI is InChI=1S/C13H22N4O/c1-11-4-2-5-12(10-14)17(11)13(18)6-9-16-8-3-7-15-16/h3,7-8,11-12H,2,4-6,9-10,14H2,1H3. The lowest BCUT2D eigenvalue weighted by Crippen LogP contribution is -2.52. The molecule has 2 unspecified atom stereocenters. The van der Waals surface area contributed by atoms with Crippen molar-refractivity contribution in [2.24, 2.45) is 5.73 Å². The van der Waals surface area contributed by atoms with E-state index >= 15 is 0 Å². The van der Waals surface area contributed by atoms with Gasteiger partial charge in [-0.15, -0.1) is 0 Å². The second kappa shape index (κ2) is 6.00. The van der Waals surface area contributed by atoms with Gasteiger partial charge in [0.15, 0.2) is 0 Å². The van der Waals surface area contributed by atoms with Crippen LogP contribution in [0.25, 0.3) is 0 Å². The van der Waals surface area contributed by atoms with Gasteiger partial charge in [-0.25, -0.2) is 0 Å². The number of nitrogens with zero attached hydrogens (tertiary/aromatic N) is 3. The molecule has 2 rings (SSSR count). The maximum atomic E-state index is 12.3. The van der Waals surface area contributed by atoms with E-state index in [0.29, 0.717) is 25.6 Å². The van der Waals surface area contributed by atoms with Crippen molar-refractivity contribution in [3.63, 3.8) is 0 Å². The summed E-state index contributed by atoms with van der Waals surface area (Å²) in [5.41, 5.74) is 5.77. The summed E-state index contributed by atoms with van der Waals surface area (Å²) in [6.07, 6.45) is 7.41. The van der Waals surface area contributed by atoms with E-state index in [4.69, 9.17) is 5.73 Å². The number of aryl methyl sites for hydroxylation is 1. The molecule has 0 spiro atoms. The summed E-state index contributed by atoms with van der Waals surface area (Å²) in [7, 11) is 0. The molecular weight excluding hydrogens is 228 g/mol. The van der Waals surface area contributed by atoms with Gasteiger partial charge in [-0.1, -0.05) is 0 Å². The molecule has 1 saturated heterocycles. The number of nitrogens with two attached hydrogens (primary N) is 1. The highest BCUT2D eigenvalue weighted by molar-refractivity contribution is 5.77. The van der Waals surface area contributed by atoms with Crippen LogP contribution in [0.2, 0.25) is 0 Å². The molecule has 1 fully saturated rings. The lowest BCUT2D eigenvalue weighted by atomic mass is 9.96. The third-order valence-electron chi connectivity index (χ3n) is 3.70. The van der Waals surface area contributed by atoms with E-state index in [1.54, 1.807) is 10.9 Å². The molecule has 0 aromatic carbocycles. The maximum Gasteiger partial charge on any atom is 0.224 e. The van der Waals surface area contributed by atoms with E-state index in [2.05, 4.69) is 12.0 Å². The summed E-state index contributed by atoms with van der Waals surface area (Å²) >= 11 is 0. The molecule has 18 heavy (non-hydrogen) atoms. The van der Waals surface area contributed by atoms with Crippen LogP contribution in [-0.4, -0.2) is 39.2 Å². The molecule has 5 nitrogen and oxygen atoms in total. The van der Waals surface area contributed by atoms with Gasteiger partial charge < -0.3 is 10.6 Å². The van der Waals surface area contributed by atoms with Crippen LogP contribution in [0.4, 0.5) is 0 Å². The number of hydrogen-bond acceptors (Lipinski definition) is 3. The number of carbonyl (C=O) groups is 1. The van der Waals surface area contributed by atoms with E-state index in [0.717, 1.165) is 12.8 Å². The molecule has 1 aromatic rings. The molecule has 2 heterocycles. The Bertz CT molecular complexity index is 376. The van der Waals surface area contributed by atoms with Gasteiger partial charge >= 0.3 is 0 Å². The molecule has 1 aliphatic heterocycles. The Kier molecular flexibility index (Phi) is 4.36. The highest BCUT2D eigenvalue weighted by Gasteiger charge is 2.30. The van der Waals surface area contributed by atoms with Crippen molar-refractivity contribution < 1.29 is 4.79 Å². The van der Waals surface area contributed by atoms with Crippen molar-refractivity contribution in [3.05, 3.63) is 18.5 Å². The topological polar surface area (TPSA) is 64.2 Å². The highest BCUT2D eigenvalue weighted by Crippen LogP contribution is 2.23. The number of likely N-dealkylation sites (tertiary alicyclic amines) is 1. The van der Waals surface area contributed by atoms with Gasteiger partial charge in [-0.05, 0) is 32.3 Å². The van der Waals surface area contributed by atoms with Gasteiger partial charge in [0.1, 0.15) is 0 Å². The first-order chi connectivity index (χ1) is 8.72. The van der Waals surface area contributed by atoms with E-state index in [1.165, 1.54) is 6.42 Å². The van der Waals surface area contributed by atoms with Crippen LogP contribution in [0, 0.1) is 0 Å². The molecule has 100 valence electrons. The van der Waals surface area contributed by atoms with Gasteiger partial charge in [0.25, 0.3) is 0 Å². The predicted octanol–water partition coefficient (Wildman–Crippen LogP) is 1.00. The number of aromatic nitrogens is 2. The zero-order valence-electron chi connectivity index (χ0n) is 11.0. The molecule has 0 radical (unpaired) electrons. The average molecular weight is 250 g/mol. The van der Waals surface area contributed by atoms with Gasteiger partial charge in [0, 0.05) is 44.0 Å². The number of hydrogen-bond donors (Lipinski definition) is 1. The highest BCUT2D eigenvalue weighted by atomic mass is 16.2. The van der Waals surface area contributed by atoms with Crippen molar-refractivity contribution in [3.8, 4) is 0 Å². The minimum absolute atomic E-state index is 0.202. The van der Waals surface area contributed by atoms with Crippen molar-refractivity contribution in [1.29, 1.82) is 0 Å². The molecule has 5 heteroatoms. The normalized spacial score (nSPS) is 24.2. The number of rotatable bonds is 4. The van der Waals surface area contributed by atoms with Crippen molar-refractivity contribution in [2.45, 2.75) is 51.2 Å². The van der Waals surface area contributed by atoms with Crippen LogP contribution in [0.3, 0.4) is 0 Å². The maximum absolute atomic E-state index is 12.3. The fourth-order valence-corrected chi connectivity index (χ4v) is 2.74. The molecule has 0 bridgehead atoms. The first-order valence-electron chi connectivity index (χ1n) is 6.71. The lowest BCUT2D eigenvalue weighted by molar-refractivity contribution is -0.137. The number of carbonyl (C=O) groups excluding carboxylic acids is 1. The molecule has 1 aromatic heterocycles. The first-order valence-corrected chi connectivity index (χ1v) is 6.71. The lowest BCUT2D eigenvalue weighted by Gasteiger charge is -2.40. The molecule has 2 atom stereocenters. The summed E-state index contributed by atoms with van der Waals surface area (Å²) in [5.74, 6) is 0.202. The summed E-state index contributed by atoms with van der Waals surface area (Å²) in [5, 5.41) is 4.11. The molecule has 0 saturated carbocycles. The summed E-state index contributed by atoms with van der Waals surface area (Å²) < 4.78 is 1.80. The Hall–Kier alpha value is -1.36. The predicted molar refractivity (Wildman–Crippen MR) is 69.8 cm³/mol. The Morgan fingerprint density at radius 3 is 3.00 bits per heavy atom. The minimum atomic E-state index is 0.202. The number of piperidine rings is 1. The summed E-state index contributed by atoms with van der Waals surface area (Å²) in [4.78, 5) is 14.3. The van der Waals surface area contributed by atoms with Crippen LogP contribution in [-0.2, 0) is 11.3 Å². The Balaban J connectivity index is 1.93. The van der Waals surface area contributed by atoms with Crippen molar-refractivity contribution in [2.75, 3.05) is 6.54 Å². The monoisotopic (exact) mass is 250 g/mol. The van der Waals surface area contributed by atoms with E-state index in [9.17, 15) is 4.79 Å². The van der Waals surface area contributed by atoms with Gasteiger partial charge in [0.05, 0.1) is 0 Å². The third-order valence-corrected chi connectivity index (χ3v) is 3.70. The van der Waals surface area contributed by atoms with Crippen molar-refractivity contribution >= 4 is 5.91 Å². The van der Waals surface area contributed by atoms with E-state index in [-0.39, 0.29) is 11.9 Å². The van der Waals surface area contributed by atoms with Crippen LogP contribution in [0.15, 0.2) is 18.5 Å². The van der Waals surface area contributed by atoms with E-state index in [1.807, 2.05) is 17.2 Å².